The quantitative estimate of drug-likeness (QED) is 0.228. The second-order valence-electron chi connectivity index (χ2n) is 14.0. The summed E-state index contributed by atoms with van der Waals surface area (Å²) in [7, 11) is 1.44. The van der Waals surface area contributed by atoms with Crippen LogP contribution in [0.15, 0.2) is 66.7 Å². The molecule has 14 heteroatoms. The number of nitrogen functional groups attached to an aromatic ring is 1. The molecule has 13 nitrogen and oxygen atoms in total. The Bertz CT molecular complexity index is 1820. The van der Waals surface area contributed by atoms with Crippen molar-refractivity contribution in [2.45, 2.75) is 70.8 Å². The highest BCUT2D eigenvalue weighted by Crippen LogP contribution is 2.37. The average molecular weight is 717 g/mol. The van der Waals surface area contributed by atoms with Crippen LogP contribution in [0.25, 0.3) is 0 Å². The Kier molecular flexibility index (Phi) is 11.5. The van der Waals surface area contributed by atoms with E-state index < -0.39 is 59.3 Å². The van der Waals surface area contributed by atoms with E-state index in [2.05, 4.69) is 16.0 Å². The van der Waals surface area contributed by atoms with E-state index in [4.69, 9.17) is 15.2 Å². The largest absolute Gasteiger partial charge is 0.444 e. The van der Waals surface area contributed by atoms with Gasteiger partial charge in [0.2, 0.25) is 11.8 Å². The van der Waals surface area contributed by atoms with Gasteiger partial charge >= 0.3 is 6.09 Å². The van der Waals surface area contributed by atoms with E-state index in [1.165, 1.54) is 31.0 Å². The van der Waals surface area contributed by atoms with Crippen molar-refractivity contribution < 1.29 is 37.8 Å². The lowest BCUT2D eigenvalue weighted by atomic mass is 9.90. The van der Waals surface area contributed by atoms with Crippen molar-refractivity contribution in [3.05, 3.63) is 89.2 Å². The maximum absolute atomic E-state index is 15.2. The number of carbonyl (C=O) groups excluding carboxylic acids is 5. The minimum absolute atomic E-state index is 0.0581. The second kappa shape index (κ2) is 15.8. The van der Waals surface area contributed by atoms with Crippen LogP contribution in [0.2, 0.25) is 0 Å². The van der Waals surface area contributed by atoms with Gasteiger partial charge in [-0.25, -0.2) is 9.18 Å². The van der Waals surface area contributed by atoms with E-state index in [1.807, 2.05) is 0 Å². The van der Waals surface area contributed by atoms with E-state index in [9.17, 15) is 24.0 Å². The Morgan fingerprint density at radius 2 is 1.65 bits per heavy atom. The summed E-state index contributed by atoms with van der Waals surface area (Å²) in [6, 6.07) is 13.9. The number of amides is 5. The van der Waals surface area contributed by atoms with E-state index in [0.717, 1.165) is 11.0 Å². The zero-order valence-corrected chi connectivity index (χ0v) is 29.9. The Hall–Kier alpha value is -5.50. The highest BCUT2D eigenvalue weighted by Gasteiger charge is 2.44. The third kappa shape index (κ3) is 8.86. The van der Waals surface area contributed by atoms with Gasteiger partial charge in [-0.05, 0) is 100 Å². The monoisotopic (exact) mass is 716 g/mol. The average Bonchev–Trinajstić information content (AvgIpc) is 3.51. The molecular formula is C38H45FN6O7. The lowest BCUT2D eigenvalue weighted by Gasteiger charge is -2.36. The molecule has 276 valence electrons. The summed E-state index contributed by atoms with van der Waals surface area (Å²) in [4.78, 5) is 70.6. The van der Waals surface area contributed by atoms with E-state index in [-0.39, 0.29) is 23.7 Å². The first-order chi connectivity index (χ1) is 24.6. The first-order valence-corrected chi connectivity index (χ1v) is 17.1. The summed E-state index contributed by atoms with van der Waals surface area (Å²) in [6.07, 6.45) is 0.247. The number of nitrogens with one attached hydrogen (secondary N) is 3. The molecule has 1 saturated heterocycles. The van der Waals surface area contributed by atoms with Crippen LogP contribution in [0.4, 0.5) is 26.2 Å². The van der Waals surface area contributed by atoms with Crippen molar-refractivity contribution in [3.63, 3.8) is 0 Å². The van der Waals surface area contributed by atoms with Crippen LogP contribution in [0.3, 0.4) is 0 Å². The number of nitrogens with zero attached hydrogens (tertiary/aromatic N) is 2. The summed E-state index contributed by atoms with van der Waals surface area (Å²) < 4.78 is 26.1. The molecule has 0 radical (unpaired) electrons. The molecule has 3 aromatic rings. The molecular weight excluding hydrogens is 671 g/mol. The molecule has 0 saturated carbocycles. The lowest BCUT2D eigenvalue weighted by Crippen LogP contribution is -2.57. The number of benzene rings is 3. The smallest absolute Gasteiger partial charge is 0.410 e. The maximum atomic E-state index is 15.2. The number of anilines is 3. The van der Waals surface area contributed by atoms with Crippen LogP contribution in [-0.4, -0.2) is 77.5 Å². The Labute approximate surface area is 302 Å². The van der Waals surface area contributed by atoms with Gasteiger partial charge < -0.3 is 36.1 Å². The van der Waals surface area contributed by atoms with Crippen molar-refractivity contribution in [3.8, 4) is 0 Å². The molecule has 2 aliphatic heterocycles. The van der Waals surface area contributed by atoms with Gasteiger partial charge in [0.1, 0.15) is 29.5 Å². The van der Waals surface area contributed by atoms with Gasteiger partial charge in [-0.2, -0.15) is 0 Å². The number of hydrogen-bond acceptors (Lipinski definition) is 8. The minimum atomic E-state index is -1.18. The van der Waals surface area contributed by atoms with Gasteiger partial charge in [0.25, 0.3) is 11.8 Å². The fraction of sp³-hybridized carbons (Fsp3) is 0.395. The predicted octanol–water partition coefficient (Wildman–Crippen LogP) is 4.85. The van der Waals surface area contributed by atoms with Crippen molar-refractivity contribution >= 4 is 46.8 Å². The van der Waals surface area contributed by atoms with E-state index in [0.29, 0.717) is 48.6 Å². The fourth-order valence-electron chi connectivity index (χ4n) is 6.16. The maximum Gasteiger partial charge on any atom is 0.410 e. The normalized spacial score (nSPS) is 17.0. The summed E-state index contributed by atoms with van der Waals surface area (Å²) >= 11 is 0. The third-order valence-electron chi connectivity index (χ3n) is 9.13. The molecule has 5 N–H and O–H groups in total. The number of halogens is 1. The Morgan fingerprint density at radius 1 is 0.981 bits per heavy atom. The number of rotatable bonds is 9. The number of hydrogen-bond donors (Lipinski definition) is 4. The van der Waals surface area contributed by atoms with Gasteiger partial charge in [-0.1, -0.05) is 24.3 Å². The van der Waals surface area contributed by atoms with Crippen LogP contribution in [0.1, 0.15) is 68.1 Å². The molecule has 0 spiro atoms. The molecule has 1 fully saturated rings. The summed E-state index contributed by atoms with van der Waals surface area (Å²) in [5, 5.41) is 8.18. The molecule has 5 rings (SSSR count). The molecule has 5 amide bonds. The molecule has 0 aromatic heterocycles. The van der Waals surface area contributed by atoms with Crippen LogP contribution >= 0.6 is 0 Å². The molecule has 2 unspecified atom stereocenters. The topological polar surface area (TPSA) is 172 Å². The molecule has 3 aromatic carbocycles. The highest BCUT2D eigenvalue weighted by atomic mass is 19.1. The van der Waals surface area contributed by atoms with Crippen LogP contribution in [0.5, 0.6) is 0 Å². The Balaban J connectivity index is 1.39. The predicted molar refractivity (Wildman–Crippen MR) is 193 cm³/mol. The number of likely N-dealkylation sites (N-methyl/N-ethyl adjacent to an activating group) is 1. The molecule has 3 atom stereocenters. The van der Waals surface area contributed by atoms with Gasteiger partial charge in [0.15, 0.2) is 0 Å². The van der Waals surface area contributed by atoms with Crippen LogP contribution in [-0.2, 0) is 30.4 Å². The van der Waals surface area contributed by atoms with Crippen molar-refractivity contribution in [1.29, 1.82) is 0 Å². The number of nitrogens with two attached hydrogens (primary N) is 1. The second-order valence-corrected chi connectivity index (χ2v) is 14.0. The summed E-state index contributed by atoms with van der Waals surface area (Å²) in [5.74, 6) is -3.44. The standard InChI is InChI=1S/C38H45FN6O7/c1-22(44(5)37(50)52-38(2,3)4)33(46)43-31(23-16-18-51-19-17-23)36(49)45-21-25-8-6-7-9-28(25)32(45)35(48)42-30-20-24(10-15-29(30)39)34(47)41-27-13-11-26(40)12-14-27/h6-15,20,22-23,31-32H,16-19,21,40H2,1-5H3,(H,41,47)(H,42,48)(H,43,46)/t22?,31?,32-/m0/s1. The van der Waals surface area contributed by atoms with Gasteiger partial charge in [0.05, 0.1) is 5.69 Å². The van der Waals surface area contributed by atoms with Crippen LogP contribution in [0, 0.1) is 11.7 Å². The fourth-order valence-corrected chi connectivity index (χ4v) is 6.16. The van der Waals surface area contributed by atoms with E-state index in [1.54, 1.807) is 69.3 Å². The van der Waals surface area contributed by atoms with Crippen molar-refractivity contribution in [1.82, 2.24) is 15.1 Å². The summed E-state index contributed by atoms with van der Waals surface area (Å²) in [5.41, 5.74) is 7.03. The lowest BCUT2D eigenvalue weighted by molar-refractivity contribution is -0.144. The highest BCUT2D eigenvalue weighted by molar-refractivity contribution is 6.06. The first kappa shape index (κ1) is 37.7. The SMILES string of the molecule is CC(C(=O)NC(C(=O)N1Cc2ccccc2[C@H]1C(=O)Nc1cc(C(=O)Nc2ccc(N)cc2)ccc1F)C1CCOCC1)N(C)C(=O)OC(C)(C)C. The van der Waals surface area contributed by atoms with Crippen molar-refractivity contribution in [2.75, 3.05) is 36.6 Å². The molecule has 2 aliphatic rings. The molecule has 52 heavy (non-hydrogen) atoms. The minimum Gasteiger partial charge on any atom is -0.444 e. The molecule has 2 heterocycles. The molecule has 0 aliphatic carbocycles. The number of carbonyl (C=O) groups is 5. The van der Waals surface area contributed by atoms with Gasteiger partial charge in [-0.3, -0.25) is 24.1 Å². The number of fused-ring (bicyclic) bond motifs is 1. The van der Waals surface area contributed by atoms with Crippen LogP contribution < -0.4 is 21.7 Å². The summed E-state index contributed by atoms with van der Waals surface area (Å²) in [6.45, 7) is 7.50. The first-order valence-electron chi connectivity index (χ1n) is 17.1. The molecule has 0 bridgehead atoms. The van der Waals surface area contributed by atoms with Gasteiger partial charge in [-0.15, -0.1) is 0 Å². The third-order valence-corrected chi connectivity index (χ3v) is 9.13. The van der Waals surface area contributed by atoms with Crippen molar-refractivity contribution in [2.24, 2.45) is 5.92 Å². The zero-order valence-electron chi connectivity index (χ0n) is 29.9. The van der Waals surface area contributed by atoms with Gasteiger partial charge in [0, 0.05) is 43.7 Å². The van der Waals surface area contributed by atoms with E-state index >= 15 is 4.39 Å². The zero-order chi connectivity index (χ0) is 37.7. The number of ether oxygens (including phenoxy) is 2. The Morgan fingerprint density at radius 3 is 2.33 bits per heavy atom.